The SMILES string of the molecule is O=C(O)Cc1ccc(Oc2ccc(NC(=O)c3cc4cc(Cl)ccc4[nH]3)cn2)c(Cl)c1. The lowest BCUT2D eigenvalue weighted by Gasteiger charge is -2.09. The van der Waals surface area contributed by atoms with Gasteiger partial charge in [-0.25, -0.2) is 4.98 Å². The van der Waals surface area contributed by atoms with Crippen molar-refractivity contribution in [2.24, 2.45) is 0 Å². The number of carbonyl (C=O) groups excluding carboxylic acids is 1. The van der Waals surface area contributed by atoms with Gasteiger partial charge in [0.2, 0.25) is 5.88 Å². The zero-order chi connectivity index (χ0) is 22.0. The Kier molecular flexibility index (Phi) is 5.79. The van der Waals surface area contributed by atoms with Crippen LogP contribution < -0.4 is 10.1 Å². The van der Waals surface area contributed by atoms with Crippen LogP contribution in [-0.4, -0.2) is 27.0 Å². The smallest absolute Gasteiger partial charge is 0.307 e. The van der Waals surface area contributed by atoms with Gasteiger partial charge in [-0.15, -0.1) is 0 Å². The third-order valence-electron chi connectivity index (χ3n) is 4.39. The normalized spacial score (nSPS) is 10.8. The van der Waals surface area contributed by atoms with Gasteiger partial charge in [-0.3, -0.25) is 9.59 Å². The van der Waals surface area contributed by atoms with Crippen molar-refractivity contribution in [1.29, 1.82) is 0 Å². The van der Waals surface area contributed by atoms with Crippen LogP contribution in [0.2, 0.25) is 10.0 Å². The molecule has 156 valence electrons. The van der Waals surface area contributed by atoms with E-state index >= 15 is 0 Å². The van der Waals surface area contributed by atoms with Crippen LogP contribution in [0.1, 0.15) is 16.1 Å². The third kappa shape index (κ3) is 4.96. The molecule has 2 aromatic carbocycles. The fourth-order valence-corrected chi connectivity index (χ4v) is 3.39. The monoisotopic (exact) mass is 455 g/mol. The van der Waals surface area contributed by atoms with Gasteiger partial charge in [0.1, 0.15) is 11.4 Å². The van der Waals surface area contributed by atoms with Crippen LogP contribution in [0.5, 0.6) is 11.6 Å². The summed E-state index contributed by atoms with van der Waals surface area (Å²) < 4.78 is 5.64. The van der Waals surface area contributed by atoms with E-state index in [0.29, 0.717) is 27.7 Å². The minimum atomic E-state index is -0.944. The molecule has 0 saturated heterocycles. The van der Waals surface area contributed by atoms with E-state index in [-0.39, 0.29) is 23.2 Å². The molecule has 0 radical (unpaired) electrons. The Morgan fingerprint density at radius 3 is 2.61 bits per heavy atom. The number of nitrogens with zero attached hydrogens (tertiary/aromatic N) is 1. The highest BCUT2D eigenvalue weighted by atomic mass is 35.5. The van der Waals surface area contributed by atoms with Crippen molar-refractivity contribution >= 4 is 51.7 Å². The Labute approximate surface area is 186 Å². The molecule has 2 heterocycles. The van der Waals surface area contributed by atoms with E-state index in [4.69, 9.17) is 33.0 Å². The number of H-pyrrole nitrogens is 1. The minimum Gasteiger partial charge on any atom is -0.481 e. The summed E-state index contributed by atoms with van der Waals surface area (Å²) in [5.41, 5.74) is 2.25. The van der Waals surface area contributed by atoms with Crippen LogP contribution in [-0.2, 0) is 11.2 Å². The molecular weight excluding hydrogens is 441 g/mol. The summed E-state index contributed by atoms with van der Waals surface area (Å²) in [6.07, 6.45) is 1.33. The first-order valence-electron chi connectivity index (χ1n) is 9.11. The second-order valence-corrected chi connectivity index (χ2v) is 7.53. The number of carboxylic acid groups (broad SMARTS) is 1. The summed E-state index contributed by atoms with van der Waals surface area (Å²) in [7, 11) is 0. The van der Waals surface area contributed by atoms with Crippen LogP contribution in [0.15, 0.2) is 60.8 Å². The fraction of sp³-hybridized carbons (Fsp3) is 0.0455. The first-order valence-corrected chi connectivity index (χ1v) is 9.87. The molecule has 4 aromatic rings. The number of aromatic amines is 1. The van der Waals surface area contributed by atoms with Gasteiger partial charge in [-0.05, 0) is 48.0 Å². The maximum absolute atomic E-state index is 12.5. The molecule has 0 unspecified atom stereocenters. The second kappa shape index (κ2) is 8.67. The lowest BCUT2D eigenvalue weighted by Crippen LogP contribution is -2.12. The number of nitrogens with one attached hydrogen (secondary N) is 2. The van der Waals surface area contributed by atoms with Gasteiger partial charge in [0.15, 0.2) is 0 Å². The number of hydrogen-bond acceptors (Lipinski definition) is 4. The van der Waals surface area contributed by atoms with Gasteiger partial charge < -0.3 is 20.1 Å². The predicted molar refractivity (Wildman–Crippen MR) is 118 cm³/mol. The second-order valence-electron chi connectivity index (χ2n) is 6.69. The molecule has 0 aliphatic heterocycles. The highest BCUT2D eigenvalue weighted by Gasteiger charge is 2.12. The van der Waals surface area contributed by atoms with E-state index in [1.165, 1.54) is 12.3 Å². The summed E-state index contributed by atoms with van der Waals surface area (Å²) in [6, 6.07) is 15.0. The molecule has 2 aromatic heterocycles. The maximum atomic E-state index is 12.5. The molecule has 3 N–H and O–H groups in total. The van der Waals surface area contributed by atoms with E-state index in [2.05, 4.69) is 15.3 Å². The molecule has 31 heavy (non-hydrogen) atoms. The summed E-state index contributed by atoms with van der Waals surface area (Å²) in [4.78, 5) is 30.5. The van der Waals surface area contributed by atoms with Crippen molar-refractivity contribution in [3.8, 4) is 11.6 Å². The number of ether oxygens (including phenoxy) is 1. The van der Waals surface area contributed by atoms with Crippen LogP contribution in [0.3, 0.4) is 0 Å². The number of anilines is 1. The Balaban J connectivity index is 1.43. The Hall–Kier alpha value is -3.55. The van der Waals surface area contributed by atoms with Crippen molar-refractivity contribution in [3.05, 3.63) is 82.1 Å². The van der Waals surface area contributed by atoms with Crippen molar-refractivity contribution in [2.75, 3.05) is 5.32 Å². The highest BCUT2D eigenvalue weighted by molar-refractivity contribution is 6.32. The predicted octanol–water partition coefficient (Wildman–Crippen LogP) is 5.54. The first kappa shape index (κ1) is 20.7. The number of amides is 1. The maximum Gasteiger partial charge on any atom is 0.307 e. The van der Waals surface area contributed by atoms with Gasteiger partial charge in [-0.2, -0.15) is 0 Å². The standard InChI is InChI=1S/C22H15Cl2N3O4/c23-14-2-4-17-13(9-14)10-18(27-17)22(30)26-15-3-6-20(25-11-15)31-19-5-1-12(7-16(19)24)8-21(28)29/h1-7,9-11,27H,8H2,(H,26,30)(H,28,29). The van der Waals surface area contributed by atoms with E-state index in [1.54, 1.807) is 42.5 Å². The topological polar surface area (TPSA) is 104 Å². The largest absolute Gasteiger partial charge is 0.481 e. The number of halogens is 2. The van der Waals surface area contributed by atoms with Crippen molar-refractivity contribution < 1.29 is 19.4 Å². The molecule has 0 spiro atoms. The van der Waals surface area contributed by atoms with Crippen molar-refractivity contribution in [2.45, 2.75) is 6.42 Å². The number of benzene rings is 2. The number of aliphatic carboxylic acids is 1. The summed E-state index contributed by atoms with van der Waals surface area (Å²) >= 11 is 12.1. The van der Waals surface area contributed by atoms with Crippen LogP contribution in [0.25, 0.3) is 10.9 Å². The lowest BCUT2D eigenvalue weighted by molar-refractivity contribution is -0.136. The number of carboxylic acids is 1. The fourth-order valence-electron chi connectivity index (χ4n) is 2.96. The lowest BCUT2D eigenvalue weighted by atomic mass is 10.1. The summed E-state index contributed by atoms with van der Waals surface area (Å²) in [6.45, 7) is 0. The van der Waals surface area contributed by atoms with Gasteiger partial charge in [0.05, 0.1) is 23.3 Å². The number of rotatable bonds is 6. The van der Waals surface area contributed by atoms with Crippen LogP contribution >= 0.6 is 23.2 Å². The summed E-state index contributed by atoms with van der Waals surface area (Å²) in [5, 5.41) is 13.3. The van der Waals surface area contributed by atoms with Gasteiger partial charge >= 0.3 is 5.97 Å². The number of aromatic nitrogens is 2. The molecule has 1 amide bonds. The average Bonchev–Trinajstić information content (AvgIpc) is 3.14. The quantitative estimate of drug-likeness (QED) is 0.353. The van der Waals surface area contributed by atoms with E-state index in [9.17, 15) is 9.59 Å². The molecule has 4 rings (SSSR count). The van der Waals surface area contributed by atoms with Crippen molar-refractivity contribution in [3.63, 3.8) is 0 Å². The third-order valence-corrected chi connectivity index (χ3v) is 4.92. The molecule has 0 saturated carbocycles. The van der Waals surface area contributed by atoms with E-state index in [0.717, 1.165) is 10.9 Å². The number of hydrogen-bond donors (Lipinski definition) is 3. The average molecular weight is 456 g/mol. The van der Waals surface area contributed by atoms with E-state index < -0.39 is 5.97 Å². The summed E-state index contributed by atoms with van der Waals surface area (Å²) in [5.74, 6) is -0.650. The Bertz CT molecular complexity index is 1290. The molecule has 0 atom stereocenters. The van der Waals surface area contributed by atoms with Gasteiger partial charge in [-0.1, -0.05) is 29.3 Å². The molecule has 9 heteroatoms. The van der Waals surface area contributed by atoms with Crippen LogP contribution in [0.4, 0.5) is 5.69 Å². The molecular formula is C22H15Cl2N3O4. The van der Waals surface area contributed by atoms with Gasteiger partial charge in [0, 0.05) is 22.0 Å². The van der Waals surface area contributed by atoms with E-state index in [1.807, 2.05) is 6.07 Å². The number of fused-ring (bicyclic) bond motifs is 1. The molecule has 0 aliphatic carbocycles. The number of pyridine rings is 1. The molecule has 0 aliphatic rings. The first-order chi connectivity index (χ1) is 14.9. The Morgan fingerprint density at radius 2 is 1.90 bits per heavy atom. The Morgan fingerprint density at radius 1 is 1.06 bits per heavy atom. The zero-order valence-electron chi connectivity index (χ0n) is 15.9. The molecule has 0 bridgehead atoms. The van der Waals surface area contributed by atoms with Crippen LogP contribution in [0, 0.1) is 0 Å². The molecule has 7 nitrogen and oxygen atoms in total. The van der Waals surface area contributed by atoms with Gasteiger partial charge in [0.25, 0.3) is 5.91 Å². The highest BCUT2D eigenvalue weighted by Crippen LogP contribution is 2.30. The zero-order valence-corrected chi connectivity index (χ0v) is 17.4. The minimum absolute atomic E-state index is 0.129. The van der Waals surface area contributed by atoms with Crippen molar-refractivity contribution in [1.82, 2.24) is 9.97 Å². The number of carbonyl (C=O) groups is 2. The molecule has 0 fully saturated rings.